The third kappa shape index (κ3) is 4.18. The minimum Gasteiger partial charge on any atom is -0.341 e. The summed E-state index contributed by atoms with van der Waals surface area (Å²) in [5.41, 5.74) is 2.30. The Morgan fingerprint density at radius 2 is 1.78 bits per heavy atom. The lowest BCUT2D eigenvalue weighted by atomic mass is 10.0. The first kappa shape index (κ1) is 15.7. The molecule has 2 aromatic heterocycles. The monoisotopic (exact) mass is 339 g/mol. The number of hydrogen-bond donors (Lipinski definition) is 1. The van der Waals surface area contributed by atoms with E-state index in [1.54, 1.807) is 28.7 Å². The van der Waals surface area contributed by atoms with E-state index >= 15 is 0 Å². The molecule has 0 aliphatic rings. The summed E-state index contributed by atoms with van der Waals surface area (Å²) in [6.45, 7) is 2.06. The molecule has 2 heterocycles. The fraction of sp³-hybridized carbons (Fsp3) is 0.105. The van der Waals surface area contributed by atoms with Crippen molar-refractivity contribution in [3.63, 3.8) is 0 Å². The molecule has 1 N–H and O–H groups in total. The van der Waals surface area contributed by atoms with Gasteiger partial charge in [-0.05, 0) is 41.5 Å². The van der Waals surface area contributed by atoms with Gasteiger partial charge in [-0.15, -0.1) is 22.7 Å². The molecule has 23 heavy (non-hydrogen) atoms. The number of aryl methyl sites for hydroxylation is 1. The first-order chi connectivity index (χ1) is 11.2. The lowest BCUT2D eigenvalue weighted by Crippen LogP contribution is -2.27. The van der Waals surface area contributed by atoms with Crippen LogP contribution in [0.1, 0.15) is 26.9 Å². The highest BCUT2D eigenvalue weighted by atomic mass is 32.1. The minimum absolute atomic E-state index is 0.0858. The molecule has 1 aromatic carbocycles. The normalized spacial score (nSPS) is 12.4. The van der Waals surface area contributed by atoms with Crippen LogP contribution in [0.5, 0.6) is 0 Å². The van der Waals surface area contributed by atoms with Crippen LogP contribution in [-0.4, -0.2) is 5.91 Å². The molecule has 0 bridgehead atoms. The lowest BCUT2D eigenvalue weighted by molar-refractivity contribution is -0.116. The number of nitrogens with one attached hydrogen (secondary N) is 1. The summed E-state index contributed by atoms with van der Waals surface area (Å²) in [5.74, 6) is -0.0858. The summed E-state index contributed by atoms with van der Waals surface area (Å²) in [6.07, 6.45) is 3.45. The van der Waals surface area contributed by atoms with E-state index in [-0.39, 0.29) is 11.9 Å². The van der Waals surface area contributed by atoms with Crippen molar-refractivity contribution < 1.29 is 4.79 Å². The van der Waals surface area contributed by atoms with Gasteiger partial charge in [-0.25, -0.2) is 0 Å². The van der Waals surface area contributed by atoms with Crippen molar-refractivity contribution in [1.29, 1.82) is 0 Å². The quantitative estimate of drug-likeness (QED) is 0.649. The molecule has 1 amide bonds. The van der Waals surface area contributed by atoms with E-state index < -0.39 is 0 Å². The molecule has 3 rings (SSSR count). The first-order valence-corrected chi connectivity index (χ1v) is 9.10. The van der Waals surface area contributed by atoms with E-state index in [0.29, 0.717) is 0 Å². The Labute approximate surface area is 144 Å². The Kier molecular flexibility index (Phi) is 5.05. The maximum atomic E-state index is 12.3. The fourth-order valence-electron chi connectivity index (χ4n) is 2.27. The van der Waals surface area contributed by atoms with Crippen LogP contribution < -0.4 is 5.32 Å². The van der Waals surface area contributed by atoms with Gasteiger partial charge in [0.2, 0.25) is 5.91 Å². The van der Waals surface area contributed by atoms with Crippen molar-refractivity contribution in [1.82, 2.24) is 5.32 Å². The average Bonchev–Trinajstić information content (AvgIpc) is 3.25. The van der Waals surface area contributed by atoms with E-state index in [1.807, 2.05) is 35.0 Å². The van der Waals surface area contributed by atoms with Crippen LogP contribution in [0.3, 0.4) is 0 Å². The summed E-state index contributed by atoms with van der Waals surface area (Å²) >= 11 is 3.27. The Morgan fingerprint density at radius 1 is 1.04 bits per heavy atom. The predicted molar refractivity (Wildman–Crippen MR) is 98.8 cm³/mol. The number of thiophene rings is 2. The second-order valence-corrected chi connectivity index (χ2v) is 7.18. The van der Waals surface area contributed by atoms with Crippen molar-refractivity contribution in [3.8, 4) is 0 Å². The van der Waals surface area contributed by atoms with Crippen LogP contribution in [0.4, 0.5) is 0 Å². The second-order valence-electron chi connectivity index (χ2n) is 5.22. The maximum absolute atomic E-state index is 12.3. The zero-order valence-corrected chi connectivity index (χ0v) is 14.4. The van der Waals surface area contributed by atoms with Crippen molar-refractivity contribution in [3.05, 3.63) is 86.2 Å². The summed E-state index contributed by atoms with van der Waals surface area (Å²) in [6, 6.07) is 16.2. The molecular formula is C19H17NOS2. The van der Waals surface area contributed by atoms with Crippen LogP contribution in [0, 0.1) is 6.92 Å². The third-order valence-electron chi connectivity index (χ3n) is 3.47. The van der Waals surface area contributed by atoms with Gasteiger partial charge in [0.15, 0.2) is 0 Å². The van der Waals surface area contributed by atoms with Gasteiger partial charge in [-0.2, -0.15) is 0 Å². The molecule has 4 heteroatoms. The summed E-state index contributed by atoms with van der Waals surface area (Å²) in [4.78, 5) is 14.5. The highest BCUT2D eigenvalue weighted by molar-refractivity contribution is 7.10. The van der Waals surface area contributed by atoms with E-state index in [9.17, 15) is 4.79 Å². The Bertz CT molecular complexity index is 771. The largest absolute Gasteiger partial charge is 0.341 e. The van der Waals surface area contributed by atoms with Crippen molar-refractivity contribution >= 4 is 34.7 Å². The molecule has 0 aliphatic heterocycles. The molecular weight excluding hydrogens is 322 g/mol. The molecule has 2 nitrogen and oxygen atoms in total. The van der Waals surface area contributed by atoms with E-state index in [4.69, 9.17) is 0 Å². The number of hydrogen-bond acceptors (Lipinski definition) is 3. The molecule has 0 spiro atoms. The molecule has 0 radical (unpaired) electrons. The zero-order chi connectivity index (χ0) is 16.1. The fourth-order valence-corrected chi connectivity index (χ4v) is 3.69. The molecule has 0 unspecified atom stereocenters. The number of benzene rings is 1. The van der Waals surface area contributed by atoms with Crippen LogP contribution in [-0.2, 0) is 4.79 Å². The topological polar surface area (TPSA) is 29.1 Å². The van der Waals surface area contributed by atoms with Crippen molar-refractivity contribution in [2.24, 2.45) is 0 Å². The van der Waals surface area contributed by atoms with Crippen LogP contribution in [0.25, 0.3) is 6.08 Å². The van der Waals surface area contributed by atoms with Gasteiger partial charge in [-0.3, -0.25) is 4.79 Å². The van der Waals surface area contributed by atoms with Crippen LogP contribution in [0.2, 0.25) is 0 Å². The van der Waals surface area contributed by atoms with Crippen molar-refractivity contribution in [2.45, 2.75) is 13.0 Å². The van der Waals surface area contributed by atoms with Crippen LogP contribution >= 0.6 is 22.7 Å². The molecule has 3 aromatic rings. The summed E-state index contributed by atoms with van der Waals surface area (Å²) < 4.78 is 0. The predicted octanol–water partition coefficient (Wildman–Crippen LogP) is 5.04. The molecule has 0 saturated heterocycles. The highest BCUT2D eigenvalue weighted by Gasteiger charge is 2.16. The van der Waals surface area contributed by atoms with Gasteiger partial charge < -0.3 is 5.32 Å². The number of rotatable bonds is 5. The van der Waals surface area contributed by atoms with E-state index in [1.165, 1.54) is 5.56 Å². The lowest BCUT2D eigenvalue weighted by Gasteiger charge is -2.17. The smallest absolute Gasteiger partial charge is 0.244 e. The van der Waals surface area contributed by atoms with Crippen LogP contribution in [0.15, 0.2) is 65.4 Å². The standard InChI is InChI=1S/C19H17NOS2/c1-14-6-8-15(9-7-14)19(17-5-3-13-23-17)20-18(21)11-10-16-4-2-12-22-16/h2-13,19H,1H3,(H,20,21)/b11-10+/t19-/m1/s1. The average molecular weight is 339 g/mol. The number of carbonyl (C=O) groups excluding carboxylic acids is 1. The number of amides is 1. The first-order valence-electron chi connectivity index (χ1n) is 7.34. The number of carbonyl (C=O) groups is 1. The zero-order valence-electron chi connectivity index (χ0n) is 12.7. The van der Waals surface area contributed by atoms with Crippen molar-refractivity contribution in [2.75, 3.05) is 0 Å². The molecule has 0 aliphatic carbocycles. The van der Waals surface area contributed by atoms with Gasteiger partial charge >= 0.3 is 0 Å². The molecule has 0 fully saturated rings. The summed E-state index contributed by atoms with van der Waals surface area (Å²) in [5, 5.41) is 7.14. The van der Waals surface area contributed by atoms with E-state index in [0.717, 1.165) is 15.3 Å². The molecule has 0 saturated carbocycles. The van der Waals surface area contributed by atoms with Gasteiger partial charge in [-0.1, -0.05) is 42.0 Å². The highest BCUT2D eigenvalue weighted by Crippen LogP contribution is 2.26. The van der Waals surface area contributed by atoms with Gasteiger partial charge in [0.05, 0.1) is 6.04 Å². The van der Waals surface area contributed by atoms with E-state index in [2.05, 4.69) is 42.6 Å². The molecule has 1 atom stereocenters. The summed E-state index contributed by atoms with van der Waals surface area (Å²) in [7, 11) is 0. The van der Waals surface area contributed by atoms with Gasteiger partial charge in [0.25, 0.3) is 0 Å². The van der Waals surface area contributed by atoms with Gasteiger partial charge in [0, 0.05) is 15.8 Å². The molecule has 116 valence electrons. The maximum Gasteiger partial charge on any atom is 0.244 e. The SMILES string of the molecule is Cc1ccc([C@@H](NC(=O)/C=C/c2cccs2)c2cccs2)cc1. The second kappa shape index (κ2) is 7.40. The third-order valence-corrected chi connectivity index (χ3v) is 5.24. The Balaban J connectivity index is 1.79. The van der Waals surface area contributed by atoms with Gasteiger partial charge in [0.1, 0.15) is 0 Å². The Hall–Kier alpha value is -2.17. The Morgan fingerprint density at radius 3 is 2.43 bits per heavy atom. The minimum atomic E-state index is -0.115.